The number of likely N-dealkylation sites (tertiary alicyclic amines) is 2. The number of aryl methyl sites for hydroxylation is 1. The van der Waals surface area contributed by atoms with Crippen LogP contribution in [0.5, 0.6) is 11.5 Å². The average Bonchev–Trinajstić information content (AvgIpc) is 3.33. The molecule has 2 saturated heterocycles. The zero-order valence-corrected chi connectivity index (χ0v) is 15.4. The van der Waals surface area contributed by atoms with Gasteiger partial charge in [-0.3, -0.25) is 9.69 Å². The van der Waals surface area contributed by atoms with Gasteiger partial charge in [-0.1, -0.05) is 12.1 Å². The summed E-state index contributed by atoms with van der Waals surface area (Å²) in [6.45, 7) is 6.15. The summed E-state index contributed by atoms with van der Waals surface area (Å²) in [4.78, 5) is 17.3. The molecule has 4 heteroatoms. The fraction of sp³-hybridized carbons (Fsp3) is 0.409. The molecular formula is C22H26N2O2. The quantitative estimate of drug-likeness (QED) is 0.832. The zero-order chi connectivity index (χ0) is 17.9. The number of hydrogen-bond acceptors (Lipinski definition) is 3. The van der Waals surface area contributed by atoms with Crippen LogP contribution in [0.1, 0.15) is 35.2 Å². The average molecular weight is 350 g/mol. The highest BCUT2D eigenvalue weighted by atomic mass is 16.5. The minimum Gasteiger partial charge on any atom is -0.457 e. The van der Waals surface area contributed by atoms with Crippen molar-refractivity contribution in [3.05, 3.63) is 59.7 Å². The Hall–Kier alpha value is -2.33. The maximum atomic E-state index is 12.8. The first-order valence-electron chi connectivity index (χ1n) is 9.57. The molecule has 0 aliphatic carbocycles. The van der Waals surface area contributed by atoms with Gasteiger partial charge in [0.25, 0.3) is 5.91 Å². The van der Waals surface area contributed by atoms with Crippen LogP contribution in [0, 0.1) is 6.92 Å². The normalized spacial score (nSPS) is 20.5. The summed E-state index contributed by atoms with van der Waals surface area (Å²) in [6.07, 6.45) is 3.69. The molecule has 4 nitrogen and oxygen atoms in total. The molecule has 2 fully saturated rings. The Morgan fingerprint density at radius 2 is 1.77 bits per heavy atom. The molecule has 2 aromatic carbocycles. The monoisotopic (exact) mass is 350 g/mol. The molecule has 0 bridgehead atoms. The number of hydrogen-bond donors (Lipinski definition) is 0. The molecule has 0 aromatic heterocycles. The third kappa shape index (κ3) is 3.75. The Kier molecular flexibility index (Phi) is 4.93. The lowest BCUT2D eigenvalue weighted by Crippen LogP contribution is -2.37. The van der Waals surface area contributed by atoms with E-state index in [9.17, 15) is 4.79 Å². The highest BCUT2D eigenvalue weighted by Gasteiger charge is 2.31. The van der Waals surface area contributed by atoms with Gasteiger partial charge in [-0.05, 0) is 81.2 Å². The minimum atomic E-state index is 0.133. The van der Waals surface area contributed by atoms with E-state index in [2.05, 4.69) is 4.90 Å². The topological polar surface area (TPSA) is 32.8 Å². The number of carbonyl (C=O) groups excluding carboxylic acids is 1. The van der Waals surface area contributed by atoms with Gasteiger partial charge in [-0.25, -0.2) is 0 Å². The van der Waals surface area contributed by atoms with Crippen molar-refractivity contribution in [1.29, 1.82) is 0 Å². The van der Waals surface area contributed by atoms with Gasteiger partial charge in [0.05, 0.1) is 0 Å². The summed E-state index contributed by atoms with van der Waals surface area (Å²) >= 11 is 0. The van der Waals surface area contributed by atoms with Crippen LogP contribution in [-0.2, 0) is 0 Å². The van der Waals surface area contributed by atoms with Crippen LogP contribution in [0.3, 0.4) is 0 Å². The molecule has 136 valence electrons. The number of carbonyl (C=O) groups is 1. The second-order valence-corrected chi connectivity index (χ2v) is 7.38. The molecule has 0 radical (unpaired) electrons. The lowest BCUT2D eigenvalue weighted by molar-refractivity contribution is 0.0780. The Bertz CT molecular complexity index is 766. The van der Waals surface area contributed by atoms with E-state index in [1.807, 2.05) is 60.4 Å². The third-order valence-electron chi connectivity index (χ3n) is 5.43. The molecule has 26 heavy (non-hydrogen) atoms. The fourth-order valence-corrected chi connectivity index (χ4v) is 3.99. The number of nitrogens with zero attached hydrogens (tertiary/aromatic N) is 2. The zero-order valence-electron chi connectivity index (χ0n) is 15.4. The van der Waals surface area contributed by atoms with Gasteiger partial charge >= 0.3 is 0 Å². The van der Waals surface area contributed by atoms with E-state index in [1.165, 1.54) is 25.9 Å². The van der Waals surface area contributed by atoms with Gasteiger partial charge in [-0.15, -0.1) is 0 Å². The van der Waals surface area contributed by atoms with E-state index in [0.29, 0.717) is 6.04 Å². The van der Waals surface area contributed by atoms with E-state index >= 15 is 0 Å². The molecule has 2 aliphatic rings. The van der Waals surface area contributed by atoms with Crippen molar-refractivity contribution in [2.24, 2.45) is 0 Å². The van der Waals surface area contributed by atoms with Crippen molar-refractivity contribution < 1.29 is 9.53 Å². The molecule has 2 heterocycles. The first kappa shape index (κ1) is 17.1. The van der Waals surface area contributed by atoms with E-state index < -0.39 is 0 Å². The van der Waals surface area contributed by atoms with Gasteiger partial charge in [0.2, 0.25) is 0 Å². The number of benzene rings is 2. The highest BCUT2D eigenvalue weighted by molar-refractivity contribution is 5.94. The molecule has 4 rings (SSSR count). The summed E-state index contributed by atoms with van der Waals surface area (Å²) in [5, 5.41) is 0. The van der Waals surface area contributed by atoms with E-state index in [0.717, 1.165) is 42.1 Å². The van der Waals surface area contributed by atoms with E-state index in [4.69, 9.17) is 4.74 Å². The molecule has 1 atom stereocenters. The van der Waals surface area contributed by atoms with Gasteiger partial charge in [-0.2, -0.15) is 0 Å². The van der Waals surface area contributed by atoms with Crippen molar-refractivity contribution in [2.45, 2.75) is 32.2 Å². The van der Waals surface area contributed by atoms with Crippen LogP contribution in [-0.4, -0.2) is 47.9 Å². The Morgan fingerprint density at radius 3 is 2.50 bits per heavy atom. The number of rotatable bonds is 4. The molecule has 2 aromatic rings. The fourth-order valence-electron chi connectivity index (χ4n) is 3.99. The van der Waals surface area contributed by atoms with Crippen molar-refractivity contribution in [3.63, 3.8) is 0 Å². The molecule has 1 amide bonds. The van der Waals surface area contributed by atoms with Crippen LogP contribution < -0.4 is 4.74 Å². The van der Waals surface area contributed by atoms with Crippen molar-refractivity contribution >= 4 is 5.91 Å². The second-order valence-electron chi connectivity index (χ2n) is 7.38. The van der Waals surface area contributed by atoms with Gasteiger partial charge < -0.3 is 9.64 Å². The summed E-state index contributed by atoms with van der Waals surface area (Å²) in [6, 6.07) is 16.0. The van der Waals surface area contributed by atoms with Crippen molar-refractivity contribution in [3.8, 4) is 11.5 Å². The Labute approximate surface area is 155 Å². The molecular weight excluding hydrogens is 324 g/mol. The maximum absolute atomic E-state index is 12.8. The summed E-state index contributed by atoms with van der Waals surface area (Å²) in [5.41, 5.74) is 1.90. The van der Waals surface area contributed by atoms with Gasteiger partial charge in [0.1, 0.15) is 11.5 Å². The maximum Gasteiger partial charge on any atom is 0.253 e. The Morgan fingerprint density at radius 1 is 1.00 bits per heavy atom. The molecule has 1 unspecified atom stereocenters. The lowest BCUT2D eigenvalue weighted by atomic mass is 10.2. The molecule has 0 saturated carbocycles. The minimum absolute atomic E-state index is 0.133. The first-order chi connectivity index (χ1) is 12.7. The van der Waals surface area contributed by atoms with Crippen molar-refractivity contribution in [2.75, 3.05) is 26.2 Å². The number of amides is 1. The smallest absolute Gasteiger partial charge is 0.253 e. The second kappa shape index (κ2) is 7.50. The SMILES string of the molecule is Cc1cccc(Oc2ccc(C(=O)N3CCC(N4CCCC4)C3)cc2)c1. The largest absolute Gasteiger partial charge is 0.457 e. The molecule has 0 spiro atoms. The van der Waals surface area contributed by atoms with Gasteiger partial charge in [0, 0.05) is 24.7 Å². The van der Waals surface area contributed by atoms with Crippen LogP contribution in [0.25, 0.3) is 0 Å². The van der Waals surface area contributed by atoms with E-state index in [-0.39, 0.29) is 5.91 Å². The summed E-state index contributed by atoms with van der Waals surface area (Å²) < 4.78 is 5.87. The van der Waals surface area contributed by atoms with Crippen LogP contribution in [0.2, 0.25) is 0 Å². The number of ether oxygens (including phenoxy) is 1. The summed E-state index contributed by atoms with van der Waals surface area (Å²) in [5.74, 6) is 1.70. The third-order valence-corrected chi connectivity index (χ3v) is 5.43. The van der Waals surface area contributed by atoms with Crippen LogP contribution in [0.15, 0.2) is 48.5 Å². The standard InChI is InChI=1S/C22H26N2O2/c1-17-5-4-6-21(15-17)26-20-9-7-18(8-10-20)22(25)24-14-11-19(16-24)23-12-2-3-13-23/h4-10,15,19H,2-3,11-14,16H2,1H3. The predicted molar refractivity (Wildman–Crippen MR) is 103 cm³/mol. The lowest BCUT2D eigenvalue weighted by Gasteiger charge is -2.23. The van der Waals surface area contributed by atoms with Crippen LogP contribution in [0.4, 0.5) is 0 Å². The predicted octanol–water partition coefficient (Wildman–Crippen LogP) is 4.10. The highest BCUT2D eigenvalue weighted by Crippen LogP contribution is 2.25. The summed E-state index contributed by atoms with van der Waals surface area (Å²) in [7, 11) is 0. The van der Waals surface area contributed by atoms with Gasteiger partial charge in [0.15, 0.2) is 0 Å². The molecule has 0 N–H and O–H groups in total. The first-order valence-corrected chi connectivity index (χ1v) is 9.57. The van der Waals surface area contributed by atoms with Crippen LogP contribution >= 0.6 is 0 Å². The Balaban J connectivity index is 1.38. The van der Waals surface area contributed by atoms with Crippen molar-refractivity contribution in [1.82, 2.24) is 9.80 Å². The molecule has 2 aliphatic heterocycles. The van der Waals surface area contributed by atoms with E-state index in [1.54, 1.807) is 0 Å².